The Labute approximate surface area is 208 Å². The maximum absolute atomic E-state index is 11.8. The van der Waals surface area contributed by atoms with Crippen molar-refractivity contribution in [1.82, 2.24) is 16.0 Å². The zero-order valence-corrected chi connectivity index (χ0v) is 21.6. The third-order valence-corrected chi connectivity index (χ3v) is 6.18. The van der Waals surface area contributed by atoms with E-state index in [-0.39, 0.29) is 35.3 Å². The lowest BCUT2D eigenvalue weighted by atomic mass is 9.78. The molecule has 0 aliphatic heterocycles. The SMILES string of the molecule is CN=C(NCCc1cccc(C(=O)NC)c1)NCC1(c2cccc(OC)c2)CCCC1.I. The summed E-state index contributed by atoms with van der Waals surface area (Å²) in [4.78, 5) is 16.2. The number of benzene rings is 2. The molecule has 3 rings (SSSR count). The van der Waals surface area contributed by atoms with E-state index in [9.17, 15) is 4.79 Å². The van der Waals surface area contributed by atoms with Crippen molar-refractivity contribution in [2.24, 2.45) is 4.99 Å². The number of ether oxygens (including phenoxy) is 1. The van der Waals surface area contributed by atoms with Crippen LogP contribution in [0.5, 0.6) is 5.75 Å². The van der Waals surface area contributed by atoms with E-state index in [0.29, 0.717) is 5.56 Å². The minimum Gasteiger partial charge on any atom is -0.497 e. The van der Waals surface area contributed by atoms with Gasteiger partial charge in [0.05, 0.1) is 7.11 Å². The van der Waals surface area contributed by atoms with E-state index >= 15 is 0 Å². The van der Waals surface area contributed by atoms with Gasteiger partial charge in [0, 0.05) is 38.2 Å². The summed E-state index contributed by atoms with van der Waals surface area (Å²) in [7, 11) is 5.16. The van der Waals surface area contributed by atoms with Crippen LogP contribution in [-0.2, 0) is 11.8 Å². The van der Waals surface area contributed by atoms with Crippen molar-refractivity contribution in [3.63, 3.8) is 0 Å². The molecular weight excluding hydrogens is 515 g/mol. The highest BCUT2D eigenvalue weighted by Crippen LogP contribution is 2.41. The van der Waals surface area contributed by atoms with Gasteiger partial charge in [0.25, 0.3) is 5.91 Å². The lowest BCUT2D eigenvalue weighted by molar-refractivity contribution is 0.0963. The normalized spacial score (nSPS) is 14.9. The van der Waals surface area contributed by atoms with Gasteiger partial charge in [-0.05, 0) is 54.7 Å². The van der Waals surface area contributed by atoms with Crippen molar-refractivity contribution in [2.75, 3.05) is 34.3 Å². The Hall–Kier alpha value is -2.29. The summed E-state index contributed by atoms with van der Waals surface area (Å²) in [5.41, 5.74) is 3.24. The van der Waals surface area contributed by atoms with Crippen molar-refractivity contribution in [3.05, 3.63) is 65.2 Å². The van der Waals surface area contributed by atoms with E-state index < -0.39 is 0 Å². The molecule has 0 aromatic heterocycles. The van der Waals surface area contributed by atoms with Crippen LogP contribution in [-0.4, -0.2) is 46.2 Å². The number of nitrogens with zero attached hydrogens (tertiary/aromatic N) is 1. The lowest BCUT2D eigenvalue weighted by Crippen LogP contribution is -2.45. The molecule has 32 heavy (non-hydrogen) atoms. The van der Waals surface area contributed by atoms with Crippen molar-refractivity contribution < 1.29 is 9.53 Å². The van der Waals surface area contributed by atoms with Crippen LogP contribution in [0, 0.1) is 0 Å². The largest absolute Gasteiger partial charge is 0.497 e. The average Bonchev–Trinajstić information content (AvgIpc) is 3.31. The van der Waals surface area contributed by atoms with Crippen molar-refractivity contribution in [2.45, 2.75) is 37.5 Å². The van der Waals surface area contributed by atoms with Crippen LogP contribution in [0.15, 0.2) is 53.5 Å². The molecule has 6 nitrogen and oxygen atoms in total. The highest BCUT2D eigenvalue weighted by atomic mass is 127. The zero-order valence-electron chi connectivity index (χ0n) is 19.2. The fourth-order valence-corrected chi connectivity index (χ4v) is 4.38. The average molecular weight is 550 g/mol. The molecule has 1 aliphatic rings. The molecule has 0 unspecified atom stereocenters. The Bertz CT molecular complexity index is 910. The second kappa shape index (κ2) is 12.7. The summed E-state index contributed by atoms with van der Waals surface area (Å²) < 4.78 is 5.45. The van der Waals surface area contributed by atoms with E-state index in [1.807, 2.05) is 30.3 Å². The number of hydrogen-bond donors (Lipinski definition) is 3. The third kappa shape index (κ3) is 6.60. The topological polar surface area (TPSA) is 74.8 Å². The Morgan fingerprint density at radius 3 is 2.53 bits per heavy atom. The molecule has 2 aromatic carbocycles. The number of nitrogens with one attached hydrogen (secondary N) is 3. The number of methoxy groups -OCH3 is 1. The van der Waals surface area contributed by atoms with Crippen molar-refractivity contribution in [3.8, 4) is 5.75 Å². The van der Waals surface area contributed by atoms with Gasteiger partial charge in [-0.2, -0.15) is 0 Å². The van der Waals surface area contributed by atoms with Gasteiger partial charge in [-0.3, -0.25) is 9.79 Å². The fourth-order valence-electron chi connectivity index (χ4n) is 4.38. The number of halogens is 1. The molecule has 0 radical (unpaired) electrons. The predicted octanol–water partition coefficient (Wildman–Crippen LogP) is 3.89. The van der Waals surface area contributed by atoms with E-state index in [4.69, 9.17) is 4.74 Å². The molecule has 1 fully saturated rings. The molecule has 0 spiro atoms. The van der Waals surface area contributed by atoms with E-state index in [1.54, 1.807) is 21.2 Å². The molecule has 7 heteroatoms. The first kappa shape index (κ1) is 26.0. The number of guanidine groups is 1. The van der Waals surface area contributed by atoms with Gasteiger partial charge in [-0.1, -0.05) is 37.1 Å². The lowest BCUT2D eigenvalue weighted by Gasteiger charge is -2.31. The van der Waals surface area contributed by atoms with Gasteiger partial charge < -0.3 is 20.7 Å². The minimum atomic E-state index is -0.0633. The standard InChI is InChI=1S/C25H34N4O2.HI/c1-26-23(30)20-9-6-8-19(16-20)12-15-28-24(27-2)29-18-25(13-4-5-14-25)21-10-7-11-22(17-21)31-3;/h6-11,16-17H,4-5,12-15,18H2,1-3H3,(H,26,30)(H2,27,28,29);1H. The second-order valence-electron chi connectivity index (χ2n) is 8.10. The molecule has 3 N–H and O–H groups in total. The summed E-state index contributed by atoms with van der Waals surface area (Å²) in [6.45, 7) is 1.58. The third-order valence-electron chi connectivity index (χ3n) is 6.18. The maximum atomic E-state index is 11.8. The summed E-state index contributed by atoms with van der Waals surface area (Å²) in [6.07, 6.45) is 5.62. The van der Waals surface area contributed by atoms with Gasteiger partial charge in [0.1, 0.15) is 5.75 Å². The fraction of sp³-hybridized carbons (Fsp3) is 0.440. The van der Waals surface area contributed by atoms with Crippen LogP contribution in [0.1, 0.15) is 47.2 Å². The maximum Gasteiger partial charge on any atom is 0.251 e. The molecule has 1 amide bonds. The Morgan fingerprint density at radius 2 is 1.84 bits per heavy atom. The smallest absolute Gasteiger partial charge is 0.251 e. The molecule has 0 bridgehead atoms. The first-order valence-electron chi connectivity index (χ1n) is 11.0. The van der Waals surface area contributed by atoms with Crippen molar-refractivity contribution >= 4 is 35.8 Å². The molecule has 0 saturated heterocycles. The summed E-state index contributed by atoms with van der Waals surface area (Å²) in [6, 6.07) is 16.2. The molecule has 2 aromatic rings. The number of amides is 1. The molecular formula is C25H35IN4O2. The number of rotatable bonds is 8. The zero-order chi connectivity index (χ0) is 22.1. The molecule has 0 atom stereocenters. The number of aliphatic imine (C=N–C) groups is 1. The second-order valence-corrected chi connectivity index (χ2v) is 8.10. The Kier molecular flexibility index (Phi) is 10.3. The minimum absolute atomic E-state index is 0. The Balaban J connectivity index is 0.00000363. The van der Waals surface area contributed by atoms with Gasteiger partial charge in [-0.25, -0.2) is 0 Å². The van der Waals surface area contributed by atoms with E-state index in [2.05, 4.69) is 39.1 Å². The van der Waals surface area contributed by atoms with Crippen LogP contribution in [0.25, 0.3) is 0 Å². The summed E-state index contributed by atoms with van der Waals surface area (Å²) in [5, 5.41) is 9.62. The van der Waals surface area contributed by atoms with Crippen LogP contribution in [0.3, 0.4) is 0 Å². The van der Waals surface area contributed by atoms with Gasteiger partial charge >= 0.3 is 0 Å². The molecule has 1 aliphatic carbocycles. The molecule has 1 saturated carbocycles. The van der Waals surface area contributed by atoms with Crippen molar-refractivity contribution in [1.29, 1.82) is 0 Å². The van der Waals surface area contributed by atoms with Gasteiger partial charge in [0.15, 0.2) is 5.96 Å². The first-order valence-corrected chi connectivity index (χ1v) is 11.0. The van der Waals surface area contributed by atoms with Gasteiger partial charge in [0.2, 0.25) is 0 Å². The Morgan fingerprint density at radius 1 is 1.09 bits per heavy atom. The van der Waals surface area contributed by atoms with Crippen LogP contribution >= 0.6 is 24.0 Å². The van der Waals surface area contributed by atoms with Crippen LogP contribution < -0.4 is 20.7 Å². The highest BCUT2D eigenvalue weighted by molar-refractivity contribution is 14.0. The van der Waals surface area contributed by atoms with Gasteiger partial charge in [-0.15, -0.1) is 24.0 Å². The quantitative estimate of drug-likeness (QED) is 0.265. The van der Waals surface area contributed by atoms with Crippen LogP contribution in [0.2, 0.25) is 0 Å². The molecule has 174 valence electrons. The number of carbonyl (C=O) groups is 1. The van der Waals surface area contributed by atoms with E-state index in [0.717, 1.165) is 49.6 Å². The number of carbonyl (C=O) groups excluding carboxylic acids is 1. The summed E-state index contributed by atoms with van der Waals surface area (Å²) in [5.74, 6) is 1.65. The predicted molar refractivity (Wildman–Crippen MR) is 141 cm³/mol. The first-order chi connectivity index (χ1) is 15.1. The number of hydrogen-bond acceptors (Lipinski definition) is 3. The van der Waals surface area contributed by atoms with Crippen LogP contribution in [0.4, 0.5) is 0 Å². The molecule has 0 heterocycles. The summed E-state index contributed by atoms with van der Waals surface area (Å²) >= 11 is 0. The monoisotopic (exact) mass is 550 g/mol. The highest BCUT2D eigenvalue weighted by Gasteiger charge is 2.36. The van der Waals surface area contributed by atoms with E-state index in [1.165, 1.54) is 18.4 Å².